The van der Waals surface area contributed by atoms with Crippen LogP contribution in [0.1, 0.15) is 48.3 Å². The van der Waals surface area contributed by atoms with Crippen molar-refractivity contribution in [2.45, 2.75) is 40.0 Å². The summed E-state index contributed by atoms with van der Waals surface area (Å²) in [6.07, 6.45) is 16.3. The number of hydrogen-bond donors (Lipinski definition) is 0. The molecule has 2 aliphatic rings. The van der Waals surface area contributed by atoms with Crippen LogP contribution < -0.4 is 0 Å². The Morgan fingerprint density at radius 2 is 2.23 bits per heavy atom. The largest absolute Gasteiger partial charge is 0.306 e. The van der Waals surface area contributed by atoms with Crippen LogP contribution in [0.3, 0.4) is 0 Å². The second kappa shape index (κ2) is 10.7. The molecule has 0 saturated heterocycles. The first-order valence-corrected chi connectivity index (χ1v) is 12.4. The van der Waals surface area contributed by atoms with E-state index < -0.39 is 0 Å². The Bertz CT molecular complexity index is 941. The minimum absolute atomic E-state index is 0.0258. The number of nitrogens with zero attached hydrogens (tertiary/aromatic N) is 2. The molecule has 0 N–H and O–H groups in total. The predicted molar refractivity (Wildman–Crippen MR) is 133 cm³/mol. The van der Waals surface area contributed by atoms with E-state index in [4.69, 9.17) is 11.6 Å². The van der Waals surface area contributed by atoms with E-state index in [9.17, 15) is 4.79 Å². The van der Waals surface area contributed by atoms with Gasteiger partial charge in [-0.2, -0.15) is 0 Å². The molecular weight excluding hydrogens is 480 g/mol. The van der Waals surface area contributed by atoms with Gasteiger partial charge in [0.25, 0.3) is 5.91 Å². The molecule has 2 atom stereocenters. The number of hydrogen-bond acceptors (Lipinski definition) is 3. The highest BCUT2D eigenvalue weighted by Crippen LogP contribution is 2.30. The fourth-order valence-corrected chi connectivity index (χ4v) is 5.60. The molecule has 2 heterocycles. The number of thiophene rings is 1. The monoisotopic (exact) mass is 506 g/mol. The lowest BCUT2D eigenvalue weighted by atomic mass is 9.95. The molecule has 1 amide bonds. The number of halogens is 2. The van der Waals surface area contributed by atoms with Crippen molar-refractivity contribution in [3.05, 3.63) is 68.0 Å². The van der Waals surface area contributed by atoms with E-state index in [0.717, 1.165) is 33.6 Å². The normalized spacial score (nSPS) is 21.4. The first kappa shape index (κ1) is 23.2. The number of aliphatic imine (C=N–C) groups is 1. The molecule has 3 rings (SSSR count). The molecular formula is C24H28BrClN2OS. The van der Waals surface area contributed by atoms with Crippen LogP contribution in [0.4, 0.5) is 0 Å². The van der Waals surface area contributed by atoms with Gasteiger partial charge < -0.3 is 4.90 Å². The van der Waals surface area contributed by atoms with Gasteiger partial charge in [0.1, 0.15) is 5.17 Å². The SMILES string of the molecule is CCN(C(=O)c1cc(Br)sc1C)C1=CC(CCC2=CC=CC(C)CC=C2)CN=C1Cl. The Balaban J connectivity index is 1.74. The van der Waals surface area contributed by atoms with Crippen LogP contribution in [0, 0.1) is 18.8 Å². The molecule has 0 fully saturated rings. The summed E-state index contributed by atoms with van der Waals surface area (Å²) in [5.41, 5.74) is 2.78. The van der Waals surface area contributed by atoms with Gasteiger partial charge >= 0.3 is 0 Å². The molecule has 30 heavy (non-hydrogen) atoms. The Kier molecular flexibility index (Phi) is 8.32. The molecule has 1 aliphatic heterocycles. The summed E-state index contributed by atoms with van der Waals surface area (Å²) in [6, 6.07) is 1.89. The van der Waals surface area contributed by atoms with Crippen molar-refractivity contribution in [2.75, 3.05) is 13.1 Å². The van der Waals surface area contributed by atoms with Gasteiger partial charge in [0.2, 0.25) is 0 Å². The van der Waals surface area contributed by atoms with E-state index in [0.29, 0.717) is 29.7 Å². The van der Waals surface area contributed by atoms with E-state index in [1.807, 2.05) is 19.9 Å². The van der Waals surface area contributed by atoms with Crippen molar-refractivity contribution < 1.29 is 4.79 Å². The molecule has 2 unspecified atom stereocenters. The number of allylic oxidation sites excluding steroid dienone is 7. The highest BCUT2D eigenvalue weighted by molar-refractivity contribution is 9.11. The van der Waals surface area contributed by atoms with Crippen LogP contribution in [0.2, 0.25) is 0 Å². The Hall–Kier alpha value is -1.43. The van der Waals surface area contributed by atoms with Gasteiger partial charge in [0, 0.05) is 18.0 Å². The molecule has 3 nitrogen and oxygen atoms in total. The van der Waals surface area contributed by atoms with Gasteiger partial charge in [-0.1, -0.05) is 55.0 Å². The van der Waals surface area contributed by atoms with E-state index in [2.05, 4.69) is 64.3 Å². The number of amides is 1. The van der Waals surface area contributed by atoms with Crippen LogP contribution in [-0.4, -0.2) is 29.1 Å². The lowest BCUT2D eigenvalue weighted by Gasteiger charge is -2.27. The number of rotatable bonds is 6. The second-order valence-corrected chi connectivity index (χ2v) is 10.8. The standard InChI is InChI=1S/C24H28BrClN2OS/c1-4-28(24(29)20-14-22(25)30-17(20)3)21-13-19(15-27-23(21)26)12-11-18-9-5-7-16(2)8-6-10-18/h5-7,9-10,13-14,16,19H,4,8,11-12,15H2,1-3H3. The van der Waals surface area contributed by atoms with Gasteiger partial charge in [-0.05, 0) is 72.5 Å². The smallest absolute Gasteiger partial charge is 0.259 e. The van der Waals surface area contributed by atoms with Crippen molar-refractivity contribution in [1.82, 2.24) is 4.90 Å². The average Bonchev–Trinajstić information content (AvgIpc) is 3.04. The van der Waals surface area contributed by atoms with Crippen LogP contribution in [0.25, 0.3) is 0 Å². The maximum absolute atomic E-state index is 13.2. The van der Waals surface area contributed by atoms with Gasteiger partial charge in [-0.3, -0.25) is 9.79 Å². The lowest BCUT2D eigenvalue weighted by Crippen LogP contribution is -2.34. The van der Waals surface area contributed by atoms with E-state index >= 15 is 0 Å². The number of aryl methyl sites for hydroxylation is 1. The fourth-order valence-electron chi connectivity index (χ4n) is 3.68. The van der Waals surface area contributed by atoms with Crippen molar-refractivity contribution in [2.24, 2.45) is 16.8 Å². The summed E-state index contributed by atoms with van der Waals surface area (Å²) >= 11 is 11.5. The molecule has 160 valence electrons. The first-order valence-electron chi connectivity index (χ1n) is 10.4. The number of carbonyl (C=O) groups is 1. The highest BCUT2D eigenvalue weighted by atomic mass is 79.9. The molecule has 0 saturated carbocycles. The Morgan fingerprint density at radius 1 is 1.43 bits per heavy atom. The zero-order valence-corrected chi connectivity index (χ0v) is 20.9. The summed E-state index contributed by atoms with van der Waals surface area (Å²) in [5.74, 6) is 0.828. The quantitative estimate of drug-likeness (QED) is 0.398. The first-order chi connectivity index (χ1) is 14.4. The van der Waals surface area contributed by atoms with Gasteiger partial charge in [0.05, 0.1) is 15.0 Å². The minimum atomic E-state index is -0.0258. The van der Waals surface area contributed by atoms with E-state index in [-0.39, 0.29) is 11.8 Å². The number of carbonyl (C=O) groups excluding carboxylic acids is 1. The Labute approximate surface area is 197 Å². The molecule has 1 aromatic heterocycles. The van der Waals surface area contributed by atoms with Crippen LogP contribution in [0.15, 0.2) is 62.6 Å². The van der Waals surface area contributed by atoms with Gasteiger partial charge in [-0.15, -0.1) is 11.3 Å². The summed E-state index contributed by atoms with van der Waals surface area (Å²) < 4.78 is 0.957. The summed E-state index contributed by atoms with van der Waals surface area (Å²) in [7, 11) is 0. The Morgan fingerprint density at radius 3 is 2.93 bits per heavy atom. The third-order valence-electron chi connectivity index (χ3n) is 5.43. The molecule has 0 aromatic carbocycles. The summed E-state index contributed by atoms with van der Waals surface area (Å²) in [5, 5.41) is 0.426. The van der Waals surface area contributed by atoms with Gasteiger partial charge in [-0.25, -0.2) is 0 Å². The highest BCUT2D eigenvalue weighted by Gasteiger charge is 2.26. The van der Waals surface area contributed by atoms with Crippen molar-refractivity contribution in [3.8, 4) is 0 Å². The molecule has 6 heteroatoms. The third kappa shape index (κ3) is 5.83. The topological polar surface area (TPSA) is 32.7 Å². The maximum atomic E-state index is 13.2. The third-order valence-corrected chi connectivity index (χ3v) is 7.30. The zero-order valence-electron chi connectivity index (χ0n) is 17.7. The summed E-state index contributed by atoms with van der Waals surface area (Å²) in [6.45, 7) is 7.39. The average molecular weight is 508 g/mol. The molecule has 0 radical (unpaired) electrons. The predicted octanol–water partition coefficient (Wildman–Crippen LogP) is 7.29. The number of dihydropyridines is 1. The molecule has 1 aromatic rings. The van der Waals surface area contributed by atoms with E-state index in [1.165, 1.54) is 5.57 Å². The van der Waals surface area contributed by atoms with Gasteiger partial charge in [0.15, 0.2) is 0 Å². The van der Waals surface area contributed by atoms with Crippen molar-refractivity contribution in [1.29, 1.82) is 0 Å². The maximum Gasteiger partial charge on any atom is 0.259 e. The molecule has 0 spiro atoms. The minimum Gasteiger partial charge on any atom is -0.306 e. The van der Waals surface area contributed by atoms with Crippen molar-refractivity contribution in [3.63, 3.8) is 0 Å². The van der Waals surface area contributed by atoms with E-state index in [1.54, 1.807) is 16.2 Å². The molecule has 1 aliphatic carbocycles. The van der Waals surface area contributed by atoms with Crippen molar-refractivity contribution >= 4 is 49.9 Å². The second-order valence-electron chi connectivity index (χ2n) is 7.79. The van der Waals surface area contributed by atoms with Crippen LogP contribution >= 0.6 is 38.9 Å². The zero-order chi connectivity index (χ0) is 21.7. The molecule has 0 bridgehead atoms. The summed E-state index contributed by atoms with van der Waals surface area (Å²) in [4.78, 5) is 20.5. The van der Waals surface area contributed by atoms with Crippen LogP contribution in [0.5, 0.6) is 0 Å². The van der Waals surface area contributed by atoms with Crippen LogP contribution in [-0.2, 0) is 0 Å². The lowest BCUT2D eigenvalue weighted by molar-refractivity contribution is 0.0819. The fraction of sp³-hybridized carbons (Fsp3) is 0.417.